The van der Waals surface area contributed by atoms with Crippen LogP contribution in [0.15, 0.2) is 18.2 Å². The zero-order chi connectivity index (χ0) is 10.3. The SMILES string of the molecule is Cc1ccc2c(c1)OCC(C)(C)C2=O. The summed E-state index contributed by atoms with van der Waals surface area (Å²) < 4.78 is 5.57. The van der Waals surface area contributed by atoms with Crippen molar-refractivity contribution in [2.24, 2.45) is 5.41 Å². The molecule has 74 valence electrons. The van der Waals surface area contributed by atoms with Crippen molar-refractivity contribution >= 4 is 5.78 Å². The maximum absolute atomic E-state index is 12.0. The van der Waals surface area contributed by atoms with Crippen molar-refractivity contribution in [3.63, 3.8) is 0 Å². The second-order valence-electron chi connectivity index (χ2n) is 4.50. The summed E-state index contributed by atoms with van der Waals surface area (Å²) in [7, 11) is 0. The van der Waals surface area contributed by atoms with Gasteiger partial charge in [-0.1, -0.05) is 6.07 Å². The van der Waals surface area contributed by atoms with Gasteiger partial charge < -0.3 is 4.74 Å². The average Bonchev–Trinajstić information content (AvgIpc) is 2.12. The first-order valence-corrected chi connectivity index (χ1v) is 4.79. The predicted octanol–water partition coefficient (Wildman–Crippen LogP) is 2.60. The van der Waals surface area contributed by atoms with Crippen LogP contribution in [0.3, 0.4) is 0 Å². The zero-order valence-electron chi connectivity index (χ0n) is 8.76. The Hall–Kier alpha value is -1.31. The van der Waals surface area contributed by atoms with Crippen LogP contribution in [0.25, 0.3) is 0 Å². The van der Waals surface area contributed by atoms with E-state index < -0.39 is 0 Å². The lowest BCUT2D eigenvalue weighted by Gasteiger charge is -2.29. The van der Waals surface area contributed by atoms with Crippen LogP contribution in [-0.2, 0) is 0 Å². The Morgan fingerprint density at radius 2 is 2.07 bits per heavy atom. The summed E-state index contributed by atoms with van der Waals surface area (Å²) >= 11 is 0. The van der Waals surface area contributed by atoms with Gasteiger partial charge in [0.2, 0.25) is 0 Å². The van der Waals surface area contributed by atoms with Gasteiger partial charge in [0, 0.05) is 0 Å². The standard InChI is InChI=1S/C12H14O2/c1-8-4-5-9-10(6-8)14-7-12(2,3)11(9)13/h4-6H,7H2,1-3H3. The molecule has 0 bridgehead atoms. The van der Waals surface area contributed by atoms with Gasteiger partial charge in [0.25, 0.3) is 0 Å². The summed E-state index contributed by atoms with van der Waals surface area (Å²) in [6.07, 6.45) is 0. The number of ether oxygens (including phenoxy) is 1. The Bertz CT molecular complexity index is 391. The second-order valence-corrected chi connectivity index (χ2v) is 4.50. The van der Waals surface area contributed by atoms with Crippen molar-refractivity contribution in [1.82, 2.24) is 0 Å². The number of ketones is 1. The van der Waals surface area contributed by atoms with Gasteiger partial charge in [-0.15, -0.1) is 0 Å². The van der Waals surface area contributed by atoms with E-state index in [1.54, 1.807) is 0 Å². The molecule has 14 heavy (non-hydrogen) atoms. The molecule has 0 spiro atoms. The Kier molecular flexibility index (Phi) is 1.88. The lowest BCUT2D eigenvalue weighted by molar-refractivity contribution is 0.0692. The van der Waals surface area contributed by atoms with E-state index >= 15 is 0 Å². The molecule has 0 fully saturated rings. The minimum Gasteiger partial charge on any atom is -0.492 e. The first kappa shape index (κ1) is 9.25. The fraction of sp³-hybridized carbons (Fsp3) is 0.417. The highest BCUT2D eigenvalue weighted by molar-refractivity contribution is 6.03. The van der Waals surface area contributed by atoms with E-state index in [-0.39, 0.29) is 11.2 Å². The first-order valence-electron chi connectivity index (χ1n) is 4.79. The molecule has 0 amide bonds. The van der Waals surface area contributed by atoms with Gasteiger partial charge in [-0.2, -0.15) is 0 Å². The van der Waals surface area contributed by atoms with Crippen LogP contribution >= 0.6 is 0 Å². The van der Waals surface area contributed by atoms with Crippen LogP contribution in [0.2, 0.25) is 0 Å². The van der Waals surface area contributed by atoms with Crippen LogP contribution in [0, 0.1) is 12.3 Å². The topological polar surface area (TPSA) is 26.3 Å². The largest absolute Gasteiger partial charge is 0.492 e. The van der Waals surface area contributed by atoms with Crippen LogP contribution in [0.4, 0.5) is 0 Å². The van der Waals surface area contributed by atoms with Gasteiger partial charge in [0.05, 0.1) is 11.0 Å². The molecule has 0 N–H and O–H groups in total. The molecule has 1 aromatic rings. The lowest BCUT2D eigenvalue weighted by Crippen LogP contribution is -2.35. The molecule has 0 saturated heterocycles. The molecule has 2 heteroatoms. The van der Waals surface area contributed by atoms with E-state index in [0.29, 0.717) is 12.2 Å². The summed E-state index contributed by atoms with van der Waals surface area (Å²) in [5, 5.41) is 0. The fourth-order valence-electron chi connectivity index (χ4n) is 1.62. The smallest absolute Gasteiger partial charge is 0.175 e. The highest BCUT2D eigenvalue weighted by Gasteiger charge is 2.35. The number of hydrogen-bond acceptors (Lipinski definition) is 2. The quantitative estimate of drug-likeness (QED) is 0.628. The Morgan fingerprint density at radius 1 is 1.36 bits per heavy atom. The molecule has 0 aliphatic carbocycles. The monoisotopic (exact) mass is 190 g/mol. The zero-order valence-corrected chi connectivity index (χ0v) is 8.76. The molecule has 0 saturated carbocycles. The van der Waals surface area contributed by atoms with Gasteiger partial charge in [-0.25, -0.2) is 0 Å². The van der Waals surface area contributed by atoms with Gasteiger partial charge >= 0.3 is 0 Å². The van der Waals surface area contributed by atoms with E-state index in [1.165, 1.54) is 0 Å². The summed E-state index contributed by atoms with van der Waals surface area (Å²) in [5.74, 6) is 0.910. The number of hydrogen-bond donors (Lipinski definition) is 0. The predicted molar refractivity (Wildman–Crippen MR) is 54.8 cm³/mol. The number of carbonyl (C=O) groups excluding carboxylic acids is 1. The van der Waals surface area contributed by atoms with Crippen molar-refractivity contribution in [2.75, 3.05) is 6.61 Å². The van der Waals surface area contributed by atoms with E-state index in [9.17, 15) is 4.79 Å². The van der Waals surface area contributed by atoms with Crippen molar-refractivity contribution in [2.45, 2.75) is 20.8 Å². The highest BCUT2D eigenvalue weighted by Crippen LogP contribution is 2.34. The number of rotatable bonds is 0. The third kappa shape index (κ3) is 1.31. The molecule has 2 nitrogen and oxygen atoms in total. The molecular formula is C12H14O2. The van der Waals surface area contributed by atoms with Gasteiger partial charge in [-0.3, -0.25) is 4.79 Å². The molecular weight excluding hydrogens is 176 g/mol. The number of carbonyl (C=O) groups is 1. The fourth-order valence-corrected chi connectivity index (χ4v) is 1.62. The van der Waals surface area contributed by atoms with Crippen LogP contribution in [0.5, 0.6) is 5.75 Å². The van der Waals surface area contributed by atoms with Crippen molar-refractivity contribution in [1.29, 1.82) is 0 Å². The Morgan fingerprint density at radius 3 is 2.79 bits per heavy atom. The summed E-state index contributed by atoms with van der Waals surface area (Å²) in [6, 6.07) is 5.72. The minimum absolute atomic E-state index is 0.179. The minimum atomic E-state index is -0.387. The molecule has 1 aromatic carbocycles. The summed E-state index contributed by atoms with van der Waals surface area (Å²) in [4.78, 5) is 12.0. The number of benzene rings is 1. The van der Waals surface area contributed by atoms with Gasteiger partial charge in [-0.05, 0) is 38.5 Å². The van der Waals surface area contributed by atoms with Crippen LogP contribution in [0.1, 0.15) is 29.8 Å². The van der Waals surface area contributed by atoms with Gasteiger partial charge in [0.1, 0.15) is 12.4 Å². The third-order valence-corrected chi connectivity index (χ3v) is 2.58. The molecule has 1 aliphatic heterocycles. The molecule has 1 heterocycles. The maximum Gasteiger partial charge on any atom is 0.175 e. The average molecular weight is 190 g/mol. The summed E-state index contributed by atoms with van der Waals surface area (Å²) in [6.45, 7) is 6.30. The first-order chi connectivity index (χ1) is 6.50. The Labute approximate surface area is 83.9 Å². The third-order valence-electron chi connectivity index (χ3n) is 2.58. The van der Waals surface area contributed by atoms with Crippen molar-refractivity contribution in [3.8, 4) is 5.75 Å². The molecule has 0 unspecified atom stereocenters. The molecule has 1 aliphatic rings. The van der Waals surface area contributed by atoms with E-state index in [4.69, 9.17) is 4.74 Å². The van der Waals surface area contributed by atoms with E-state index in [0.717, 1.165) is 11.3 Å². The number of Topliss-reactive ketones (excluding diaryl/α,β-unsaturated/α-hetero) is 1. The van der Waals surface area contributed by atoms with Crippen LogP contribution in [-0.4, -0.2) is 12.4 Å². The lowest BCUT2D eigenvalue weighted by atomic mass is 9.83. The van der Waals surface area contributed by atoms with Gasteiger partial charge in [0.15, 0.2) is 5.78 Å². The number of aryl methyl sites for hydroxylation is 1. The van der Waals surface area contributed by atoms with E-state index in [2.05, 4.69) is 0 Å². The van der Waals surface area contributed by atoms with Crippen LogP contribution < -0.4 is 4.74 Å². The Balaban J connectivity index is 2.52. The molecule has 0 atom stereocenters. The summed E-state index contributed by atoms with van der Waals surface area (Å²) in [5.41, 5.74) is 1.45. The molecule has 2 rings (SSSR count). The molecule has 0 radical (unpaired) electrons. The van der Waals surface area contributed by atoms with Crippen molar-refractivity contribution in [3.05, 3.63) is 29.3 Å². The second kappa shape index (κ2) is 2.84. The van der Waals surface area contributed by atoms with Crippen molar-refractivity contribution < 1.29 is 9.53 Å². The highest BCUT2D eigenvalue weighted by atomic mass is 16.5. The number of fused-ring (bicyclic) bond motifs is 1. The normalized spacial score (nSPS) is 18.6. The van der Waals surface area contributed by atoms with E-state index in [1.807, 2.05) is 39.0 Å². The maximum atomic E-state index is 12.0. The molecule has 0 aromatic heterocycles.